The molecule has 1 aromatic carbocycles. The molecule has 0 aliphatic rings. The number of hydrogen-bond acceptors (Lipinski definition) is 2. The van der Waals surface area contributed by atoms with Crippen molar-refractivity contribution in [2.24, 2.45) is 7.05 Å². The number of aryl methyl sites for hydroxylation is 1. The first kappa shape index (κ1) is 10.5. The molecule has 0 fully saturated rings. The van der Waals surface area contributed by atoms with Crippen molar-refractivity contribution in [2.75, 3.05) is 5.73 Å². The number of nitrogens with zero attached hydrogens (tertiary/aromatic N) is 2. The molecule has 5 heteroatoms. The lowest BCUT2D eigenvalue weighted by Crippen LogP contribution is -2.22. The molecule has 0 aliphatic carbocycles. The van der Waals surface area contributed by atoms with E-state index in [1.54, 1.807) is 31.6 Å². The highest BCUT2D eigenvalue weighted by Crippen LogP contribution is 2.15. The fraction of sp³-hybridized carbons (Fsp3) is 0.182. The van der Waals surface area contributed by atoms with Crippen LogP contribution in [0.1, 0.15) is 5.56 Å². The molecule has 16 heavy (non-hydrogen) atoms. The van der Waals surface area contributed by atoms with Crippen molar-refractivity contribution in [1.29, 1.82) is 0 Å². The Bertz CT molecular complexity index is 571. The minimum absolute atomic E-state index is 0.0986. The summed E-state index contributed by atoms with van der Waals surface area (Å²) in [5, 5.41) is 0. The number of halogens is 1. The summed E-state index contributed by atoms with van der Waals surface area (Å²) in [5.41, 5.74) is 5.78. The van der Waals surface area contributed by atoms with Crippen LogP contribution in [-0.4, -0.2) is 9.13 Å². The highest BCUT2D eigenvalue weighted by atomic mass is 19.1. The number of imidazole rings is 1. The molecule has 0 saturated heterocycles. The summed E-state index contributed by atoms with van der Waals surface area (Å²) in [6.07, 6.45) is 3.25. The maximum Gasteiger partial charge on any atom is 0.328 e. The molecule has 2 aromatic rings. The Labute approximate surface area is 91.7 Å². The lowest BCUT2D eigenvalue weighted by molar-refractivity contribution is 0.598. The second-order valence-electron chi connectivity index (χ2n) is 3.64. The minimum atomic E-state index is -0.460. The van der Waals surface area contributed by atoms with Crippen LogP contribution in [-0.2, 0) is 13.6 Å². The molecule has 0 bridgehead atoms. The molecule has 2 rings (SSSR count). The van der Waals surface area contributed by atoms with Crippen molar-refractivity contribution in [3.05, 3.63) is 52.5 Å². The number of nitrogens with two attached hydrogens (primary N) is 1. The van der Waals surface area contributed by atoms with Crippen molar-refractivity contribution in [2.45, 2.75) is 6.54 Å². The average molecular weight is 221 g/mol. The molecular weight excluding hydrogens is 209 g/mol. The van der Waals surface area contributed by atoms with E-state index < -0.39 is 5.82 Å². The molecule has 1 aromatic heterocycles. The number of rotatable bonds is 2. The summed E-state index contributed by atoms with van der Waals surface area (Å²) in [4.78, 5) is 11.5. The highest BCUT2D eigenvalue weighted by Gasteiger charge is 2.07. The van der Waals surface area contributed by atoms with Gasteiger partial charge in [0.05, 0.1) is 12.2 Å². The third kappa shape index (κ3) is 1.71. The van der Waals surface area contributed by atoms with E-state index in [0.29, 0.717) is 5.56 Å². The van der Waals surface area contributed by atoms with Crippen molar-refractivity contribution in [3.63, 3.8) is 0 Å². The number of anilines is 1. The lowest BCUT2D eigenvalue weighted by Gasteiger charge is -2.05. The van der Waals surface area contributed by atoms with Crippen LogP contribution in [0.25, 0.3) is 0 Å². The van der Waals surface area contributed by atoms with Gasteiger partial charge in [-0.25, -0.2) is 9.18 Å². The van der Waals surface area contributed by atoms with E-state index in [-0.39, 0.29) is 17.9 Å². The van der Waals surface area contributed by atoms with Crippen LogP contribution < -0.4 is 11.4 Å². The maximum absolute atomic E-state index is 13.6. The van der Waals surface area contributed by atoms with E-state index in [1.165, 1.54) is 15.2 Å². The summed E-state index contributed by atoms with van der Waals surface area (Å²) >= 11 is 0. The first-order valence-electron chi connectivity index (χ1n) is 4.84. The Kier molecular flexibility index (Phi) is 2.52. The van der Waals surface area contributed by atoms with Crippen LogP contribution >= 0.6 is 0 Å². The number of aromatic nitrogens is 2. The van der Waals surface area contributed by atoms with Gasteiger partial charge >= 0.3 is 5.69 Å². The molecule has 0 saturated carbocycles. The zero-order chi connectivity index (χ0) is 11.7. The molecule has 0 spiro atoms. The molecule has 0 amide bonds. The second-order valence-corrected chi connectivity index (χ2v) is 3.64. The monoisotopic (exact) mass is 221 g/mol. The Morgan fingerprint density at radius 2 is 2.12 bits per heavy atom. The molecule has 4 nitrogen and oxygen atoms in total. The van der Waals surface area contributed by atoms with Crippen LogP contribution in [0, 0.1) is 5.82 Å². The van der Waals surface area contributed by atoms with Crippen molar-refractivity contribution >= 4 is 5.69 Å². The Balaban J connectivity index is 2.38. The van der Waals surface area contributed by atoms with Crippen molar-refractivity contribution < 1.29 is 4.39 Å². The van der Waals surface area contributed by atoms with Crippen LogP contribution in [0.15, 0.2) is 35.4 Å². The smallest absolute Gasteiger partial charge is 0.328 e. The Hall–Kier alpha value is -2.04. The van der Waals surface area contributed by atoms with Crippen LogP contribution in [0.5, 0.6) is 0 Å². The predicted molar refractivity (Wildman–Crippen MR) is 59.6 cm³/mol. The molecule has 0 radical (unpaired) electrons. The van der Waals surface area contributed by atoms with E-state index in [9.17, 15) is 9.18 Å². The zero-order valence-corrected chi connectivity index (χ0v) is 8.85. The number of hydrogen-bond donors (Lipinski definition) is 1. The van der Waals surface area contributed by atoms with Gasteiger partial charge in [0.2, 0.25) is 0 Å². The minimum Gasteiger partial charge on any atom is -0.396 e. The van der Waals surface area contributed by atoms with E-state index in [4.69, 9.17) is 5.73 Å². The maximum atomic E-state index is 13.6. The van der Waals surface area contributed by atoms with Gasteiger partial charge in [-0.2, -0.15) is 0 Å². The SMILES string of the molecule is Cn1ccn(Cc2cccc(N)c2F)c1=O. The van der Waals surface area contributed by atoms with E-state index in [1.807, 2.05) is 0 Å². The van der Waals surface area contributed by atoms with Crippen LogP contribution in [0.3, 0.4) is 0 Å². The normalized spacial score (nSPS) is 10.6. The molecule has 0 aliphatic heterocycles. The van der Waals surface area contributed by atoms with E-state index >= 15 is 0 Å². The van der Waals surface area contributed by atoms with Gasteiger partial charge < -0.3 is 10.3 Å². The Morgan fingerprint density at radius 3 is 2.75 bits per heavy atom. The van der Waals surface area contributed by atoms with Crippen molar-refractivity contribution in [1.82, 2.24) is 9.13 Å². The van der Waals surface area contributed by atoms with Crippen molar-refractivity contribution in [3.8, 4) is 0 Å². The van der Waals surface area contributed by atoms with Gasteiger partial charge in [-0.3, -0.25) is 4.57 Å². The molecule has 1 heterocycles. The summed E-state index contributed by atoms with van der Waals surface area (Å²) in [6, 6.07) is 4.78. The quantitative estimate of drug-likeness (QED) is 0.768. The first-order chi connectivity index (χ1) is 7.59. The van der Waals surface area contributed by atoms with Gasteiger partial charge in [0, 0.05) is 25.0 Å². The van der Waals surface area contributed by atoms with Gasteiger partial charge in [0.1, 0.15) is 0 Å². The van der Waals surface area contributed by atoms with E-state index in [2.05, 4.69) is 0 Å². The van der Waals surface area contributed by atoms with Gasteiger partial charge in [0.25, 0.3) is 0 Å². The predicted octanol–water partition coefficient (Wildman–Crippen LogP) is 0.956. The molecule has 0 atom stereocenters. The second kappa shape index (κ2) is 3.84. The molecule has 0 unspecified atom stereocenters. The van der Waals surface area contributed by atoms with Gasteiger partial charge in [-0.15, -0.1) is 0 Å². The first-order valence-corrected chi connectivity index (χ1v) is 4.84. The molecular formula is C11H12FN3O. The summed E-state index contributed by atoms with van der Waals surface area (Å²) in [5.74, 6) is -0.460. The number of nitrogen functional groups attached to an aromatic ring is 1. The fourth-order valence-corrected chi connectivity index (χ4v) is 1.54. The zero-order valence-electron chi connectivity index (χ0n) is 8.85. The third-order valence-electron chi connectivity index (χ3n) is 2.47. The van der Waals surface area contributed by atoms with Gasteiger partial charge in [-0.1, -0.05) is 12.1 Å². The summed E-state index contributed by atoms with van der Waals surface area (Å²) in [7, 11) is 1.65. The Morgan fingerprint density at radius 1 is 1.38 bits per heavy atom. The topological polar surface area (TPSA) is 52.9 Å². The van der Waals surface area contributed by atoms with Crippen LogP contribution in [0.2, 0.25) is 0 Å². The third-order valence-corrected chi connectivity index (χ3v) is 2.47. The molecule has 84 valence electrons. The summed E-state index contributed by atoms with van der Waals surface area (Å²) in [6.45, 7) is 0.191. The van der Waals surface area contributed by atoms with Gasteiger partial charge in [-0.05, 0) is 6.07 Å². The average Bonchev–Trinajstić information content (AvgIpc) is 2.57. The number of benzene rings is 1. The standard InChI is InChI=1S/C11H12FN3O/c1-14-5-6-15(11(14)16)7-8-3-2-4-9(13)10(8)12/h2-6H,7,13H2,1H3. The molecule has 2 N–H and O–H groups in total. The largest absolute Gasteiger partial charge is 0.396 e. The van der Waals surface area contributed by atoms with Gasteiger partial charge in [0.15, 0.2) is 5.82 Å². The summed E-state index contributed by atoms with van der Waals surface area (Å²) < 4.78 is 16.4. The van der Waals surface area contributed by atoms with Crippen LogP contribution in [0.4, 0.5) is 10.1 Å². The fourth-order valence-electron chi connectivity index (χ4n) is 1.54. The van der Waals surface area contributed by atoms with E-state index in [0.717, 1.165) is 0 Å². The lowest BCUT2D eigenvalue weighted by atomic mass is 10.2. The highest BCUT2D eigenvalue weighted by molar-refractivity contribution is 5.42.